The van der Waals surface area contributed by atoms with Crippen molar-refractivity contribution in [2.75, 3.05) is 6.54 Å². The standard InChI is InChI=1S/C10H15N3O3/c1-10(2,3)7-4-6(12-13-7)9(16)11-5-8(14)15/h4H,5H2,1-3H3,(H,11,16)(H,12,13)(H,14,15). The predicted octanol–water partition coefficient (Wildman–Crippen LogP) is 0.522. The maximum Gasteiger partial charge on any atom is 0.322 e. The lowest BCUT2D eigenvalue weighted by molar-refractivity contribution is -0.135. The minimum absolute atomic E-state index is 0.127. The fourth-order valence-corrected chi connectivity index (χ4v) is 1.07. The number of aliphatic carboxylic acids is 1. The highest BCUT2D eigenvalue weighted by Gasteiger charge is 2.19. The summed E-state index contributed by atoms with van der Waals surface area (Å²) in [5, 5.41) is 17.2. The number of nitrogens with zero attached hydrogens (tertiary/aromatic N) is 1. The van der Waals surface area contributed by atoms with Crippen LogP contribution in [0.5, 0.6) is 0 Å². The van der Waals surface area contributed by atoms with Crippen LogP contribution in [-0.4, -0.2) is 33.7 Å². The van der Waals surface area contributed by atoms with Crippen LogP contribution in [0.4, 0.5) is 0 Å². The predicted molar refractivity (Wildman–Crippen MR) is 57.3 cm³/mol. The van der Waals surface area contributed by atoms with Crippen molar-refractivity contribution in [1.29, 1.82) is 0 Å². The van der Waals surface area contributed by atoms with E-state index in [-0.39, 0.29) is 11.1 Å². The SMILES string of the molecule is CC(C)(C)c1cc(C(=O)NCC(=O)O)n[nH]1. The Labute approximate surface area is 93.1 Å². The van der Waals surface area contributed by atoms with Gasteiger partial charge in [0.15, 0.2) is 0 Å². The molecule has 0 aliphatic carbocycles. The van der Waals surface area contributed by atoms with E-state index in [1.54, 1.807) is 6.07 Å². The van der Waals surface area contributed by atoms with Crippen molar-refractivity contribution in [3.63, 3.8) is 0 Å². The van der Waals surface area contributed by atoms with Crippen LogP contribution in [0.1, 0.15) is 37.0 Å². The number of carbonyl (C=O) groups is 2. The van der Waals surface area contributed by atoms with Crippen molar-refractivity contribution < 1.29 is 14.7 Å². The van der Waals surface area contributed by atoms with Crippen LogP contribution in [0.2, 0.25) is 0 Å². The number of aromatic nitrogens is 2. The van der Waals surface area contributed by atoms with Gasteiger partial charge in [0.05, 0.1) is 0 Å². The van der Waals surface area contributed by atoms with E-state index in [0.717, 1.165) is 5.69 Å². The fourth-order valence-electron chi connectivity index (χ4n) is 1.07. The topological polar surface area (TPSA) is 95.1 Å². The minimum atomic E-state index is -1.08. The van der Waals surface area contributed by atoms with Gasteiger partial charge in [0.25, 0.3) is 5.91 Å². The Kier molecular flexibility index (Phi) is 3.31. The molecule has 16 heavy (non-hydrogen) atoms. The molecule has 0 saturated carbocycles. The zero-order chi connectivity index (χ0) is 12.3. The lowest BCUT2D eigenvalue weighted by atomic mass is 9.92. The molecule has 0 aliphatic rings. The molecule has 1 amide bonds. The van der Waals surface area contributed by atoms with Crippen molar-refractivity contribution in [2.45, 2.75) is 26.2 Å². The number of nitrogens with one attached hydrogen (secondary N) is 2. The van der Waals surface area contributed by atoms with E-state index in [9.17, 15) is 9.59 Å². The molecule has 1 rings (SSSR count). The van der Waals surface area contributed by atoms with Gasteiger partial charge in [-0.25, -0.2) is 0 Å². The Morgan fingerprint density at radius 2 is 2.12 bits per heavy atom. The number of hydrogen-bond acceptors (Lipinski definition) is 3. The average molecular weight is 225 g/mol. The Bertz CT molecular complexity index is 404. The molecular weight excluding hydrogens is 210 g/mol. The molecule has 3 N–H and O–H groups in total. The van der Waals surface area contributed by atoms with Gasteiger partial charge in [0, 0.05) is 11.1 Å². The molecule has 0 aliphatic heterocycles. The van der Waals surface area contributed by atoms with Gasteiger partial charge in [-0.15, -0.1) is 0 Å². The quantitative estimate of drug-likeness (QED) is 0.699. The third-order valence-corrected chi connectivity index (χ3v) is 2.02. The summed E-state index contributed by atoms with van der Waals surface area (Å²) in [5.74, 6) is -1.57. The first-order valence-corrected chi connectivity index (χ1v) is 4.86. The summed E-state index contributed by atoms with van der Waals surface area (Å²) in [4.78, 5) is 21.7. The van der Waals surface area contributed by atoms with Gasteiger partial charge in [0.2, 0.25) is 0 Å². The molecule has 1 heterocycles. The largest absolute Gasteiger partial charge is 0.480 e. The van der Waals surface area contributed by atoms with Crippen LogP contribution < -0.4 is 5.32 Å². The first-order valence-electron chi connectivity index (χ1n) is 4.86. The maximum atomic E-state index is 11.4. The first-order chi connectivity index (χ1) is 7.30. The summed E-state index contributed by atoms with van der Waals surface area (Å²) in [5.41, 5.74) is 0.900. The molecule has 0 spiro atoms. The Balaban J connectivity index is 2.71. The first kappa shape index (κ1) is 12.2. The van der Waals surface area contributed by atoms with Crippen molar-refractivity contribution in [3.8, 4) is 0 Å². The lowest BCUT2D eigenvalue weighted by Gasteiger charge is -2.14. The van der Waals surface area contributed by atoms with Gasteiger partial charge in [-0.05, 0) is 6.07 Å². The molecule has 0 aromatic carbocycles. The number of carboxylic acid groups (broad SMARTS) is 1. The second kappa shape index (κ2) is 4.34. The third-order valence-electron chi connectivity index (χ3n) is 2.02. The molecule has 1 aromatic rings. The van der Waals surface area contributed by atoms with Crippen LogP contribution in [0.15, 0.2) is 6.07 Å². The van der Waals surface area contributed by atoms with Crippen LogP contribution in [0.25, 0.3) is 0 Å². The second-order valence-electron chi connectivity index (χ2n) is 4.49. The number of amides is 1. The molecule has 0 fully saturated rings. The van der Waals surface area contributed by atoms with Gasteiger partial charge >= 0.3 is 5.97 Å². The van der Waals surface area contributed by atoms with Gasteiger partial charge < -0.3 is 10.4 Å². The third kappa shape index (κ3) is 3.08. The number of carbonyl (C=O) groups excluding carboxylic acids is 1. The van der Waals surface area contributed by atoms with Gasteiger partial charge in [0.1, 0.15) is 12.2 Å². The summed E-state index contributed by atoms with van der Waals surface area (Å²) in [7, 11) is 0. The van der Waals surface area contributed by atoms with Crippen LogP contribution in [0, 0.1) is 0 Å². The molecule has 0 atom stereocenters. The molecule has 0 saturated heterocycles. The van der Waals surface area contributed by atoms with Crippen molar-refractivity contribution in [3.05, 3.63) is 17.5 Å². The van der Waals surface area contributed by atoms with Crippen LogP contribution >= 0.6 is 0 Å². The molecule has 0 bridgehead atoms. The van der Waals surface area contributed by atoms with E-state index < -0.39 is 18.4 Å². The molecule has 0 radical (unpaired) electrons. The van der Waals surface area contributed by atoms with E-state index in [1.807, 2.05) is 20.8 Å². The van der Waals surface area contributed by atoms with E-state index in [1.165, 1.54) is 0 Å². The lowest BCUT2D eigenvalue weighted by Crippen LogP contribution is -2.29. The molecule has 6 nitrogen and oxygen atoms in total. The van der Waals surface area contributed by atoms with Crippen molar-refractivity contribution in [1.82, 2.24) is 15.5 Å². The summed E-state index contributed by atoms with van der Waals surface area (Å²) in [6.45, 7) is 5.55. The van der Waals surface area contributed by atoms with Crippen molar-refractivity contribution >= 4 is 11.9 Å². The smallest absolute Gasteiger partial charge is 0.322 e. The van der Waals surface area contributed by atoms with Crippen molar-refractivity contribution in [2.24, 2.45) is 0 Å². The Morgan fingerprint density at radius 1 is 1.50 bits per heavy atom. The zero-order valence-corrected chi connectivity index (χ0v) is 9.50. The molecule has 88 valence electrons. The molecule has 1 aromatic heterocycles. The number of carboxylic acids is 1. The average Bonchev–Trinajstić information content (AvgIpc) is 2.61. The van der Waals surface area contributed by atoms with Crippen LogP contribution in [-0.2, 0) is 10.2 Å². The number of H-pyrrole nitrogens is 1. The fraction of sp³-hybridized carbons (Fsp3) is 0.500. The highest BCUT2D eigenvalue weighted by atomic mass is 16.4. The summed E-state index contributed by atoms with van der Waals surface area (Å²) in [6, 6.07) is 1.62. The highest BCUT2D eigenvalue weighted by Crippen LogP contribution is 2.19. The monoisotopic (exact) mass is 225 g/mol. The van der Waals surface area contributed by atoms with Gasteiger partial charge in [-0.2, -0.15) is 5.10 Å². The van der Waals surface area contributed by atoms with Crippen LogP contribution in [0.3, 0.4) is 0 Å². The second-order valence-corrected chi connectivity index (χ2v) is 4.49. The Morgan fingerprint density at radius 3 is 2.56 bits per heavy atom. The summed E-state index contributed by atoms with van der Waals surface area (Å²) >= 11 is 0. The summed E-state index contributed by atoms with van der Waals surface area (Å²) in [6.07, 6.45) is 0. The number of rotatable bonds is 3. The maximum absolute atomic E-state index is 11.4. The number of aromatic amines is 1. The Hall–Kier alpha value is -1.85. The molecule has 6 heteroatoms. The normalized spacial score (nSPS) is 11.2. The van der Waals surface area contributed by atoms with E-state index in [4.69, 9.17) is 5.11 Å². The summed E-state index contributed by atoms with van der Waals surface area (Å²) < 4.78 is 0. The van der Waals surface area contributed by atoms with E-state index in [2.05, 4.69) is 15.5 Å². The number of hydrogen-bond donors (Lipinski definition) is 3. The minimum Gasteiger partial charge on any atom is -0.480 e. The van der Waals surface area contributed by atoms with Gasteiger partial charge in [-0.1, -0.05) is 20.8 Å². The molecule has 0 unspecified atom stereocenters. The zero-order valence-electron chi connectivity index (χ0n) is 9.50. The molecular formula is C10H15N3O3. The van der Waals surface area contributed by atoms with E-state index in [0.29, 0.717) is 0 Å². The van der Waals surface area contributed by atoms with Gasteiger partial charge in [-0.3, -0.25) is 14.7 Å². The van der Waals surface area contributed by atoms with E-state index >= 15 is 0 Å². The highest BCUT2D eigenvalue weighted by molar-refractivity contribution is 5.94.